The minimum absolute atomic E-state index is 0.0512. The molecule has 0 saturated heterocycles. The predicted octanol–water partition coefficient (Wildman–Crippen LogP) is 0.874. The molecule has 1 aromatic carbocycles. The van der Waals surface area contributed by atoms with E-state index >= 15 is 0 Å². The standard InChI is InChI=1S/C12H18N2O3/c1-3-17-12(16)10-8-9(4-5-11(10)13)14(2)6-7-15/h4-5,8,15H,3,6-7,13H2,1-2H3. The molecular weight excluding hydrogens is 220 g/mol. The lowest BCUT2D eigenvalue weighted by Crippen LogP contribution is -2.21. The molecule has 0 aliphatic heterocycles. The Bertz CT molecular complexity index is 393. The van der Waals surface area contributed by atoms with Crippen LogP contribution in [0.15, 0.2) is 18.2 Å². The van der Waals surface area contributed by atoms with Crippen LogP contribution in [0.1, 0.15) is 17.3 Å². The Morgan fingerprint density at radius 2 is 2.24 bits per heavy atom. The second-order valence-electron chi connectivity index (χ2n) is 3.64. The van der Waals surface area contributed by atoms with Crippen molar-refractivity contribution in [2.24, 2.45) is 0 Å². The van der Waals surface area contributed by atoms with Crippen LogP contribution in [0.3, 0.4) is 0 Å². The fraction of sp³-hybridized carbons (Fsp3) is 0.417. The van der Waals surface area contributed by atoms with Gasteiger partial charge in [-0.15, -0.1) is 0 Å². The number of anilines is 2. The van der Waals surface area contributed by atoms with Gasteiger partial charge in [-0.2, -0.15) is 0 Å². The minimum Gasteiger partial charge on any atom is -0.462 e. The third-order valence-electron chi connectivity index (χ3n) is 2.41. The number of aliphatic hydroxyl groups is 1. The molecule has 0 aliphatic carbocycles. The normalized spacial score (nSPS) is 10.1. The van der Waals surface area contributed by atoms with Gasteiger partial charge in [0.1, 0.15) is 0 Å². The van der Waals surface area contributed by atoms with Crippen LogP contribution in [0.4, 0.5) is 11.4 Å². The molecule has 0 heterocycles. The molecule has 0 unspecified atom stereocenters. The van der Waals surface area contributed by atoms with E-state index in [1.165, 1.54) is 0 Å². The number of benzene rings is 1. The van der Waals surface area contributed by atoms with Gasteiger partial charge in [-0.05, 0) is 25.1 Å². The molecule has 1 rings (SSSR count). The summed E-state index contributed by atoms with van der Waals surface area (Å²) in [6.45, 7) is 2.60. The first kappa shape index (κ1) is 13.3. The van der Waals surface area contributed by atoms with E-state index in [9.17, 15) is 4.79 Å². The summed E-state index contributed by atoms with van der Waals surface area (Å²) in [4.78, 5) is 13.5. The fourth-order valence-corrected chi connectivity index (χ4v) is 1.45. The second kappa shape index (κ2) is 6.10. The minimum atomic E-state index is -0.427. The number of esters is 1. The van der Waals surface area contributed by atoms with E-state index in [-0.39, 0.29) is 6.61 Å². The third-order valence-corrected chi connectivity index (χ3v) is 2.41. The molecule has 0 aliphatic rings. The van der Waals surface area contributed by atoms with Crippen LogP contribution in [0.2, 0.25) is 0 Å². The molecule has 0 atom stereocenters. The van der Waals surface area contributed by atoms with Crippen LogP contribution in [0.5, 0.6) is 0 Å². The van der Waals surface area contributed by atoms with E-state index in [1.807, 2.05) is 11.9 Å². The molecule has 17 heavy (non-hydrogen) atoms. The van der Waals surface area contributed by atoms with Crippen molar-refractivity contribution in [3.63, 3.8) is 0 Å². The summed E-state index contributed by atoms with van der Waals surface area (Å²) in [5.74, 6) is -0.427. The molecule has 5 heteroatoms. The Morgan fingerprint density at radius 3 is 2.82 bits per heavy atom. The average molecular weight is 238 g/mol. The van der Waals surface area contributed by atoms with Crippen molar-refractivity contribution in [1.29, 1.82) is 0 Å². The van der Waals surface area contributed by atoms with Crippen molar-refractivity contribution in [2.45, 2.75) is 6.92 Å². The summed E-state index contributed by atoms with van der Waals surface area (Å²) in [6.07, 6.45) is 0. The number of carbonyl (C=O) groups is 1. The van der Waals surface area contributed by atoms with E-state index in [4.69, 9.17) is 15.6 Å². The van der Waals surface area contributed by atoms with E-state index in [0.29, 0.717) is 24.4 Å². The van der Waals surface area contributed by atoms with Crippen molar-refractivity contribution >= 4 is 17.3 Å². The van der Waals surface area contributed by atoms with Crippen LogP contribution >= 0.6 is 0 Å². The molecule has 0 bridgehead atoms. The topological polar surface area (TPSA) is 75.8 Å². The molecule has 94 valence electrons. The molecule has 0 radical (unpaired) electrons. The number of nitrogen functional groups attached to an aromatic ring is 1. The van der Waals surface area contributed by atoms with Crippen molar-refractivity contribution in [3.05, 3.63) is 23.8 Å². The van der Waals surface area contributed by atoms with Gasteiger partial charge in [0.15, 0.2) is 0 Å². The average Bonchev–Trinajstić information content (AvgIpc) is 2.30. The number of nitrogens with two attached hydrogens (primary N) is 1. The lowest BCUT2D eigenvalue weighted by molar-refractivity contribution is 0.0527. The zero-order valence-corrected chi connectivity index (χ0v) is 10.1. The molecule has 3 N–H and O–H groups in total. The summed E-state index contributed by atoms with van der Waals surface area (Å²) < 4.78 is 4.92. The van der Waals surface area contributed by atoms with E-state index in [2.05, 4.69) is 0 Å². The number of rotatable bonds is 5. The Kier molecular flexibility index (Phi) is 4.78. The van der Waals surface area contributed by atoms with Crippen molar-refractivity contribution < 1.29 is 14.6 Å². The summed E-state index contributed by atoms with van der Waals surface area (Å²) >= 11 is 0. The summed E-state index contributed by atoms with van der Waals surface area (Å²) in [5.41, 5.74) is 7.29. The van der Waals surface area contributed by atoms with E-state index in [0.717, 1.165) is 5.69 Å². The number of carbonyl (C=O) groups excluding carboxylic acids is 1. The van der Waals surface area contributed by atoms with Crippen molar-refractivity contribution in [1.82, 2.24) is 0 Å². The fourth-order valence-electron chi connectivity index (χ4n) is 1.45. The zero-order valence-electron chi connectivity index (χ0n) is 10.1. The second-order valence-corrected chi connectivity index (χ2v) is 3.64. The van der Waals surface area contributed by atoms with Gasteiger partial charge in [0, 0.05) is 25.0 Å². The maximum absolute atomic E-state index is 11.6. The molecule has 1 aromatic rings. The maximum atomic E-state index is 11.6. The zero-order chi connectivity index (χ0) is 12.8. The number of hydrogen-bond donors (Lipinski definition) is 2. The highest BCUT2D eigenvalue weighted by molar-refractivity contribution is 5.96. The third kappa shape index (κ3) is 3.35. The first-order valence-electron chi connectivity index (χ1n) is 5.48. The summed E-state index contributed by atoms with van der Waals surface area (Å²) in [7, 11) is 1.83. The molecule has 5 nitrogen and oxygen atoms in total. The molecular formula is C12H18N2O3. The van der Waals surface area contributed by atoms with Gasteiger partial charge in [0.05, 0.1) is 18.8 Å². The van der Waals surface area contributed by atoms with Gasteiger partial charge in [-0.3, -0.25) is 0 Å². The Labute approximate surface area is 101 Å². The summed E-state index contributed by atoms with van der Waals surface area (Å²) in [6, 6.07) is 5.13. The molecule has 0 aromatic heterocycles. The van der Waals surface area contributed by atoms with Crippen molar-refractivity contribution in [2.75, 3.05) is 37.4 Å². The van der Waals surface area contributed by atoms with Crippen LogP contribution in [0, 0.1) is 0 Å². The highest BCUT2D eigenvalue weighted by Gasteiger charge is 2.12. The SMILES string of the molecule is CCOC(=O)c1cc(N(C)CCO)ccc1N. The smallest absolute Gasteiger partial charge is 0.340 e. The van der Waals surface area contributed by atoms with Gasteiger partial charge in [0.2, 0.25) is 0 Å². The number of nitrogens with zero attached hydrogens (tertiary/aromatic N) is 1. The lowest BCUT2D eigenvalue weighted by Gasteiger charge is -2.19. The highest BCUT2D eigenvalue weighted by Crippen LogP contribution is 2.21. The number of ether oxygens (including phenoxy) is 1. The Balaban J connectivity index is 2.97. The van der Waals surface area contributed by atoms with Gasteiger partial charge in [0.25, 0.3) is 0 Å². The largest absolute Gasteiger partial charge is 0.462 e. The van der Waals surface area contributed by atoms with Crippen molar-refractivity contribution in [3.8, 4) is 0 Å². The number of likely N-dealkylation sites (N-methyl/N-ethyl adjacent to an activating group) is 1. The first-order valence-corrected chi connectivity index (χ1v) is 5.48. The van der Waals surface area contributed by atoms with Crippen LogP contribution in [-0.2, 0) is 4.74 Å². The Hall–Kier alpha value is -1.75. The number of hydrogen-bond acceptors (Lipinski definition) is 5. The van der Waals surface area contributed by atoms with E-state index in [1.54, 1.807) is 25.1 Å². The lowest BCUT2D eigenvalue weighted by atomic mass is 10.1. The van der Waals surface area contributed by atoms with E-state index < -0.39 is 5.97 Å². The number of aliphatic hydroxyl groups excluding tert-OH is 1. The van der Waals surface area contributed by atoms with Crippen LogP contribution in [0.25, 0.3) is 0 Å². The maximum Gasteiger partial charge on any atom is 0.340 e. The highest BCUT2D eigenvalue weighted by atomic mass is 16.5. The van der Waals surface area contributed by atoms with Crippen LogP contribution < -0.4 is 10.6 Å². The quantitative estimate of drug-likeness (QED) is 0.588. The molecule has 0 saturated carbocycles. The predicted molar refractivity (Wildman–Crippen MR) is 67.2 cm³/mol. The molecule has 0 fully saturated rings. The van der Waals surface area contributed by atoms with Gasteiger partial charge >= 0.3 is 5.97 Å². The molecule has 0 spiro atoms. The monoisotopic (exact) mass is 238 g/mol. The first-order chi connectivity index (χ1) is 8.10. The van der Waals surface area contributed by atoms with Gasteiger partial charge in [-0.25, -0.2) is 4.79 Å². The molecule has 0 amide bonds. The summed E-state index contributed by atoms with van der Waals surface area (Å²) in [5, 5.41) is 8.86. The van der Waals surface area contributed by atoms with Gasteiger partial charge < -0.3 is 20.5 Å². The van der Waals surface area contributed by atoms with Gasteiger partial charge in [-0.1, -0.05) is 0 Å². The van der Waals surface area contributed by atoms with Crippen LogP contribution in [-0.4, -0.2) is 37.9 Å². The Morgan fingerprint density at radius 1 is 1.53 bits per heavy atom.